The fraction of sp³-hybridized carbons (Fsp3) is 0.417. The summed E-state index contributed by atoms with van der Waals surface area (Å²) in [6.45, 7) is 2.35. The number of nitrogens with zero attached hydrogens (tertiary/aromatic N) is 4. The molecule has 0 aliphatic rings. The second-order valence-corrected chi connectivity index (χ2v) is 4.07. The molecule has 102 valence electrons. The third kappa shape index (κ3) is 2.65. The molecule has 19 heavy (non-hydrogen) atoms. The van der Waals surface area contributed by atoms with Gasteiger partial charge >= 0.3 is 5.69 Å². The minimum Gasteiger partial charge on any atom is -0.395 e. The van der Waals surface area contributed by atoms with Gasteiger partial charge in [0.25, 0.3) is 0 Å². The van der Waals surface area contributed by atoms with Gasteiger partial charge in [0.05, 0.1) is 6.61 Å². The number of hydrogen-bond acceptors (Lipinski definition) is 4. The van der Waals surface area contributed by atoms with Gasteiger partial charge < -0.3 is 10.0 Å². The van der Waals surface area contributed by atoms with Crippen LogP contribution < -0.4 is 5.69 Å². The zero-order valence-corrected chi connectivity index (χ0v) is 10.7. The minimum absolute atomic E-state index is 0.0976. The first-order valence-electron chi connectivity index (χ1n) is 6.10. The summed E-state index contributed by atoms with van der Waals surface area (Å²) in [4.78, 5) is 25.4. The summed E-state index contributed by atoms with van der Waals surface area (Å²) in [5, 5.41) is 13.0. The Morgan fingerprint density at radius 2 is 2.26 bits per heavy atom. The van der Waals surface area contributed by atoms with Crippen LogP contribution in [0.4, 0.5) is 0 Å². The minimum atomic E-state index is -0.344. The van der Waals surface area contributed by atoms with Crippen molar-refractivity contribution in [3.8, 4) is 0 Å². The fourth-order valence-corrected chi connectivity index (χ4v) is 1.88. The number of fused-ring (bicyclic) bond motifs is 1. The van der Waals surface area contributed by atoms with Crippen LogP contribution in [0.25, 0.3) is 5.65 Å². The number of rotatable bonds is 5. The van der Waals surface area contributed by atoms with Crippen LogP contribution in [-0.2, 0) is 11.3 Å². The predicted molar refractivity (Wildman–Crippen MR) is 68.8 cm³/mol. The first kappa shape index (κ1) is 13.3. The smallest absolute Gasteiger partial charge is 0.350 e. The van der Waals surface area contributed by atoms with Crippen molar-refractivity contribution in [3.63, 3.8) is 0 Å². The summed E-state index contributed by atoms with van der Waals surface area (Å²) in [5.41, 5.74) is 0.162. The molecule has 0 saturated heterocycles. The molecule has 1 N–H and O–H groups in total. The van der Waals surface area contributed by atoms with Gasteiger partial charge in [0.1, 0.15) is 6.54 Å². The van der Waals surface area contributed by atoms with E-state index in [1.54, 1.807) is 24.4 Å². The van der Waals surface area contributed by atoms with E-state index in [0.29, 0.717) is 12.2 Å². The normalized spacial score (nSPS) is 10.8. The quantitative estimate of drug-likeness (QED) is 0.777. The molecule has 2 aromatic heterocycles. The zero-order valence-electron chi connectivity index (χ0n) is 10.7. The lowest BCUT2D eigenvalue weighted by molar-refractivity contribution is -0.132. The molecule has 2 rings (SSSR count). The Labute approximate surface area is 109 Å². The largest absolute Gasteiger partial charge is 0.395 e. The van der Waals surface area contributed by atoms with Crippen LogP contribution in [0.5, 0.6) is 0 Å². The average molecular weight is 264 g/mol. The van der Waals surface area contributed by atoms with E-state index in [1.807, 2.05) is 6.92 Å². The van der Waals surface area contributed by atoms with Crippen LogP contribution in [-0.4, -0.2) is 49.8 Å². The highest BCUT2D eigenvalue weighted by molar-refractivity contribution is 5.75. The Bertz CT molecular complexity index is 631. The maximum absolute atomic E-state index is 12.0. The summed E-state index contributed by atoms with van der Waals surface area (Å²) in [7, 11) is 0. The van der Waals surface area contributed by atoms with E-state index in [2.05, 4.69) is 5.10 Å². The monoisotopic (exact) mass is 264 g/mol. The molecule has 0 saturated carbocycles. The lowest BCUT2D eigenvalue weighted by Gasteiger charge is -2.18. The van der Waals surface area contributed by atoms with Crippen LogP contribution >= 0.6 is 0 Å². The molecule has 7 heteroatoms. The van der Waals surface area contributed by atoms with Crippen molar-refractivity contribution in [2.75, 3.05) is 19.7 Å². The summed E-state index contributed by atoms with van der Waals surface area (Å²) >= 11 is 0. The molecule has 0 fully saturated rings. The molecule has 0 spiro atoms. The third-order valence-electron chi connectivity index (χ3n) is 2.88. The number of carbonyl (C=O) groups excluding carboxylic acids is 1. The standard InChI is InChI=1S/C12H16N4O3/c1-2-14(7-8-17)11(18)9-16-12(19)15-6-4-3-5-10(15)13-16/h3-6,17H,2,7-9H2,1H3. The maximum Gasteiger partial charge on any atom is 0.350 e. The molecule has 2 aromatic rings. The number of likely N-dealkylation sites (N-methyl/N-ethyl adjacent to an activating group) is 1. The van der Waals surface area contributed by atoms with Gasteiger partial charge in [-0.2, -0.15) is 0 Å². The summed E-state index contributed by atoms with van der Waals surface area (Å²) in [6, 6.07) is 5.21. The molecule has 0 unspecified atom stereocenters. The first-order chi connectivity index (χ1) is 9.17. The van der Waals surface area contributed by atoms with Crippen LogP contribution in [0.2, 0.25) is 0 Å². The van der Waals surface area contributed by atoms with Crippen molar-refractivity contribution in [1.82, 2.24) is 19.1 Å². The molecule has 0 aliphatic heterocycles. The number of amides is 1. The van der Waals surface area contributed by atoms with Gasteiger partial charge in [-0.15, -0.1) is 5.10 Å². The Balaban J connectivity index is 2.24. The van der Waals surface area contributed by atoms with E-state index >= 15 is 0 Å². The molecule has 0 bridgehead atoms. The number of aromatic nitrogens is 3. The molecular weight excluding hydrogens is 248 g/mol. The van der Waals surface area contributed by atoms with Crippen molar-refractivity contribution in [2.24, 2.45) is 0 Å². The van der Waals surface area contributed by atoms with Gasteiger partial charge in [0, 0.05) is 19.3 Å². The molecule has 2 heterocycles. The van der Waals surface area contributed by atoms with Crippen molar-refractivity contribution < 1.29 is 9.90 Å². The van der Waals surface area contributed by atoms with Crippen molar-refractivity contribution in [1.29, 1.82) is 0 Å². The van der Waals surface area contributed by atoms with Gasteiger partial charge in [-0.25, -0.2) is 9.48 Å². The molecule has 7 nitrogen and oxygen atoms in total. The lowest BCUT2D eigenvalue weighted by Crippen LogP contribution is -2.38. The van der Waals surface area contributed by atoms with E-state index in [0.717, 1.165) is 4.68 Å². The molecule has 0 aromatic carbocycles. The van der Waals surface area contributed by atoms with E-state index in [9.17, 15) is 9.59 Å². The topological polar surface area (TPSA) is 79.8 Å². The number of pyridine rings is 1. The Morgan fingerprint density at radius 3 is 2.89 bits per heavy atom. The van der Waals surface area contributed by atoms with Gasteiger partial charge in [0.15, 0.2) is 5.65 Å². The van der Waals surface area contributed by atoms with Crippen molar-refractivity contribution in [2.45, 2.75) is 13.5 Å². The highest BCUT2D eigenvalue weighted by Gasteiger charge is 2.15. The fourth-order valence-electron chi connectivity index (χ4n) is 1.88. The SMILES string of the molecule is CCN(CCO)C(=O)Cn1nc2ccccn2c1=O. The van der Waals surface area contributed by atoms with E-state index in [1.165, 1.54) is 9.30 Å². The van der Waals surface area contributed by atoms with Crippen molar-refractivity contribution >= 4 is 11.6 Å². The molecule has 1 amide bonds. The van der Waals surface area contributed by atoms with Crippen LogP contribution in [0.3, 0.4) is 0 Å². The van der Waals surface area contributed by atoms with Gasteiger partial charge in [-0.1, -0.05) is 6.07 Å². The summed E-state index contributed by atoms with van der Waals surface area (Å²) in [5.74, 6) is -0.234. The van der Waals surface area contributed by atoms with E-state index < -0.39 is 0 Å². The van der Waals surface area contributed by atoms with Gasteiger partial charge in [-0.3, -0.25) is 9.20 Å². The average Bonchev–Trinajstić information content (AvgIpc) is 2.73. The Morgan fingerprint density at radius 1 is 1.47 bits per heavy atom. The number of hydrogen-bond donors (Lipinski definition) is 1. The Hall–Kier alpha value is -2.15. The first-order valence-corrected chi connectivity index (χ1v) is 6.10. The number of aliphatic hydroxyl groups is 1. The summed E-state index contributed by atoms with van der Waals surface area (Å²) in [6.07, 6.45) is 1.61. The molecule has 0 atom stereocenters. The van der Waals surface area contributed by atoms with Crippen LogP contribution in [0, 0.1) is 0 Å². The molecular formula is C12H16N4O3. The maximum atomic E-state index is 12.0. The van der Waals surface area contributed by atoms with Crippen LogP contribution in [0.15, 0.2) is 29.2 Å². The van der Waals surface area contributed by atoms with Gasteiger partial charge in [0.2, 0.25) is 5.91 Å². The van der Waals surface area contributed by atoms with Crippen molar-refractivity contribution in [3.05, 3.63) is 34.9 Å². The highest BCUT2D eigenvalue weighted by atomic mass is 16.3. The molecule has 0 radical (unpaired) electrons. The van der Waals surface area contributed by atoms with E-state index in [4.69, 9.17) is 5.11 Å². The lowest BCUT2D eigenvalue weighted by atomic mass is 10.4. The second-order valence-electron chi connectivity index (χ2n) is 4.07. The number of carbonyl (C=O) groups is 1. The zero-order chi connectivity index (χ0) is 13.8. The highest BCUT2D eigenvalue weighted by Crippen LogP contribution is 1.97. The van der Waals surface area contributed by atoms with E-state index in [-0.39, 0.29) is 31.3 Å². The number of aliphatic hydroxyl groups excluding tert-OH is 1. The summed E-state index contributed by atoms with van der Waals surface area (Å²) < 4.78 is 2.52. The Kier molecular flexibility index (Phi) is 3.96. The van der Waals surface area contributed by atoms with Gasteiger partial charge in [-0.05, 0) is 19.1 Å². The van der Waals surface area contributed by atoms with Crippen LogP contribution in [0.1, 0.15) is 6.92 Å². The molecule has 0 aliphatic carbocycles. The second kappa shape index (κ2) is 5.66. The third-order valence-corrected chi connectivity index (χ3v) is 2.88. The predicted octanol–water partition coefficient (Wildman–Crippen LogP) is -0.663.